The van der Waals surface area contributed by atoms with Gasteiger partial charge in [-0.1, -0.05) is 18.2 Å². The number of hydrogen-bond acceptors (Lipinski definition) is 4. The zero-order valence-corrected chi connectivity index (χ0v) is 12.0. The quantitative estimate of drug-likeness (QED) is 0.803. The Morgan fingerprint density at radius 3 is 2.70 bits per heavy atom. The van der Waals surface area contributed by atoms with Crippen molar-refractivity contribution >= 4 is 17.7 Å². The Balaban J connectivity index is 1.79. The number of amides is 1. The summed E-state index contributed by atoms with van der Waals surface area (Å²) in [6.07, 6.45) is 0.678. The highest BCUT2D eigenvalue weighted by atomic mass is 32.2. The van der Waals surface area contributed by atoms with Crippen LogP contribution in [-0.4, -0.2) is 22.8 Å². The van der Waals surface area contributed by atoms with E-state index in [2.05, 4.69) is 5.32 Å². The highest BCUT2D eigenvalue weighted by Crippen LogP contribution is 2.22. The van der Waals surface area contributed by atoms with Crippen molar-refractivity contribution in [1.82, 2.24) is 5.32 Å². The molecular weight excluding hydrogens is 274 g/mol. The summed E-state index contributed by atoms with van der Waals surface area (Å²) in [5.74, 6) is 0.345. The van der Waals surface area contributed by atoms with Crippen molar-refractivity contribution in [2.75, 3.05) is 6.54 Å². The molecule has 4 nitrogen and oxygen atoms in total. The highest BCUT2D eigenvalue weighted by molar-refractivity contribution is 8.00. The summed E-state index contributed by atoms with van der Waals surface area (Å²) >= 11 is 1.48. The van der Waals surface area contributed by atoms with Gasteiger partial charge in [0, 0.05) is 4.90 Å². The lowest BCUT2D eigenvalue weighted by molar-refractivity contribution is -0.120. The van der Waals surface area contributed by atoms with E-state index in [1.165, 1.54) is 18.0 Å². The number of carbonyl (C=O) groups excluding carboxylic acids is 1. The van der Waals surface area contributed by atoms with E-state index in [-0.39, 0.29) is 17.7 Å². The average molecular weight is 291 g/mol. The number of hydrogen-bond donors (Lipinski definition) is 2. The minimum Gasteiger partial charge on any atom is -0.467 e. The number of aliphatic hydroxyl groups is 1. The molecule has 2 N–H and O–H groups in total. The van der Waals surface area contributed by atoms with Gasteiger partial charge in [-0.25, -0.2) is 0 Å². The topological polar surface area (TPSA) is 62.5 Å². The molecule has 106 valence electrons. The third kappa shape index (κ3) is 4.15. The van der Waals surface area contributed by atoms with Crippen LogP contribution in [0.3, 0.4) is 0 Å². The van der Waals surface area contributed by atoms with Gasteiger partial charge >= 0.3 is 0 Å². The molecule has 0 aliphatic rings. The molecule has 2 unspecified atom stereocenters. The summed E-state index contributed by atoms with van der Waals surface area (Å²) in [6.45, 7) is 1.98. The first-order valence-electron chi connectivity index (χ1n) is 6.37. The normalized spacial score (nSPS) is 13.7. The maximum Gasteiger partial charge on any atom is 0.233 e. The first-order chi connectivity index (χ1) is 9.66. The number of nitrogens with one attached hydrogen (secondary N) is 1. The van der Waals surface area contributed by atoms with Crippen LogP contribution in [0.1, 0.15) is 18.8 Å². The third-order valence-corrected chi connectivity index (χ3v) is 3.88. The van der Waals surface area contributed by atoms with E-state index in [0.717, 1.165) is 4.90 Å². The van der Waals surface area contributed by atoms with Crippen LogP contribution in [0.5, 0.6) is 0 Å². The molecule has 0 saturated heterocycles. The summed E-state index contributed by atoms with van der Waals surface area (Å²) in [5, 5.41) is 12.3. The van der Waals surface area contributed by atoms with Gasteiger partial charge in [-0.15, -0.1) is 11.8 Å². The molecule has 2 aromatic rings. The second kappa shape index (κ2) is 7.17. The second-order valence-corrected chi connectivity index (χ2v) is 5.76. The summed E-state index contributed by atoms with van der Waals surface area (Å²) in [5.41, 5.74) is 0. The predicted molar refractivity (Wildman–Crippen MR) is 78.4 cm³/mol. The predicted octanol–water partition coefficient (Wildman–Crippen LogP) is 2.61. The molecule has 1 amide bonds. The van der Waals surface area contributed by atoms with Crippen molar-refractivity contribution in [3.63, 3.8) is 0 Å². The Hall–Kier alpha value is -1.72. The molecule has 5 heteroatoms. The fraction of sp³-hybridized carbons (Fsp3) is 0.267. The lowest BCUT2D eigenvalue weighted by Gasteiger charge is -2.14. The molecule has 0 bridgehead atoms. The largest absolute Gasteiger partial charge is 0.467 e. The van der Waals surface area contributed by atoms with Crippen molar-refractivity contribution in [2.45, 2.75) is 23.2 Å². The number of rotatable bonds is 6. The molecule has 0 fully saturated rings. The zero-order chi connectivity index (χ0) is 14.4. The van der Waals surface area contributed by atoms with E-state index >= 15 is 0 Å². The molecule has 0 radical (unpaired) electrons. The van der Waals surface area contributed by atoms with Gasteiger partial charge in [-0.2, -0.15) is 0 Å². The number of aliphatic hydroxyl groups excluding tert-OH is 1. The van der Waals surface area contributed by atoms with Crippen LogP contribution >= 0.6 is 11.8 Å². The number of benzene rings is 1. The van der Waals surface area contributed by atoms with E-state index in [9.17, 15) is 9.90 Å². The molecule has 1 heterocycles. The van der Waals surface area contributed by atoms with E-state index in [0.29, 0.717) is 5.76 Å². The molecular formula is C15H17NO3S. The summed E-state index contributed by atoms with van der Waals surface area (Å²) in [7, 11) is 0. The lowest BCUT2D eigenvalue weighted by atomic mass is 10.2. The van der Waals surface area contributed by atoms with Gasteiger partial charge in [0.25, 0.3) is 0 Å². The van der Waals surface area contributed by atoms with Gasteiger partial charge in [0.2, 0.25) is 5.91 Å². The van der Waals surface area contributed by atoms with Crippen molar-refractivity contribution in [3.8, 4) is 0 Å². The van der Waals surface area contributed by atoms with Gasteiger partial charge < -0.3 is 14.8 Å². The Morgan fingerprint density at radius 1 is 1.30 bits per heavy atom. The number of thioether (sulfide) groups is 1. The monoisotopic (exact) mass is 291 g/mol. The van der Waals surface area contributed by atoms with Crippen molar-refractivity contribution < 1.29 is 14.3 Å². The molecule has 1 aromatic heterocycles. The van der Waals surface area contributed by atoms with Gasteiger partial charge in [-0.05, 0) is 31.2 Å². The summed E-state index contributed by atoms with van der Waals surface area (Å²) in [4.78, 5) is 13.0. The van der Waals surface area contributed by atoms with E-state index in [1.807, 2.05) is 37.3 Å². The zero-order valence-electron chi connectivity index (χ0n) is 11.2. The molecule has 20 heavy (non-hydrogen) atoms. The van der Waals surface area contributed by atoms with Crippen LogP contribution in [0.4, 0.5) is 0 Å². The first-order valence-corrected chi connectivity index (χ1v) is 7.25. The molecule has 0 spiro atoms. The standard InChI is InChI=1S/C15H17NO3S/c1-11(20-12-6-3-2-4-7-12)15(18)16-10-13(17)14-8-5-9-19-14/h2-9,11,13,17H,10H2,1H3,(H,16,18). The van der Waals surface area contributed by atoms with E-state index in [4.69, 9.17) is 4.42 Å². The molecule has 2 atom stereocenters. The Bertz CT molecular complexity index is 527. The maximum absolute atomic E-state index is 11.9. The van der Waals surface area contributed by atoms with Gasteiger partial charge in [-0.3, -0.25) is 4.79 Å². The molecule has 1 aromatic carbocycles. The minimum atomic E-state index is -0.817. The van der Waals surface area contributed by atoms with Crippen LogP contribution in [0, 0.1) is 0 Å². The van der Waals surface area contributed by atoms with Crippen LogP contribution in [0.15, 0.2) is 58.0 Å². The fourth-order valence-corrected chi connectivity index (χ4v) is 2.59. The Morgan fingerprint density at radius 2 is 2.05 bits per heavy atom. The maximum atomic E-state index is 11.9. The van der Waals surface area contributed by atoms with E-state index in [1.54, 1.807) is 12.1 Å². The van der Waals surface area contributed by atoms with Crippen LogP contribution in [0.2, 0.25) is 0 Å². The fourth-order valence-electron chi connectivity index (χ4n) is 1.68. The smallest absolute Gasteiger partial charge is 0.233 e. The van der Waals surface area contributed by atoms with Crippen LogP contribution in [0.25, 0.3) is 0 Å². The third-order valence-electron chi connectivity index (χ3n) is 2.77. The van der Waals surface area contributed by atoms with Crippen molar-refractivity contribution in [2.24, 2.45) is 0 Å². The van der Waals surface area contributed by atoms with Gasteiger partial charge in [0.05, 0.1) is 18.1 Å². The van der Waals surface area contributed by atoms with Crippen molar-refractivity contribution in [3.05, 3.63) is 54.5 Å². The number of furan rings is 1. The Labute approximate surface area is 122 Å². The molecule has 0 saturated carbocycles. The van der Waals surface area contributed by atoms with Crippen LogP contribution in [-0.2, 0) is 4.79 Å². The summed E-state index contributed by atoms with van der Waals surface area (Å²) in [6, 6.07) is 13.1. The average Bonchev–Trinajstić information content (AvgIpc) is 2.99. The lowest BCUT2D eigenvalue weighted by Crippen LogP contribution is -2.34. The van der Waals surface area contributed by atoms with Crippen molar-refractivity contribution in [1.29, 1.82) is 0 Å². The Kier molecular flexibility index (Phi) is 5.26. The van der Waals surface area contributed by atoms with Crippen LogP contribution < -0.4 is 5.32 Å². The number of carbonyl (C=O) groups is 1. The van der Waals surface area contributed by atoms with Gasteiger partial charge in [0.15, 0.2) is 0 Å². The minimum absolute atomic E-state index is 0.107. The first kappa shape index (κ1) is 14.7. The molecule has 0 aliphatic heterocycles. The molecule has 0 aliphatic carbocycles. The molecule has 2 rings (SSSR count). The van der Waals surface area contributed by atoms with E-state index < -0.39 is 6.10 Å². The second-order valence-electron chi connectivity index (χ2n) is 4.35. The summed E-state index contributed by atoms with van der Waals surface area (Å²) < 4.78 is 5.08. The SMILES string of the molecule is CC(Sc1ccccc1)C(=O)NCC(O)c1ccco1. The highest BCUT2D eigenvalue weighted by Gasteiger charge is 2.17. The van der Waals surface area contributed by atoms with Gasteiger partial charge in [0.1, 0.15) is 11.9 Å².